The van der Waals surface area contributed by atoms with Gasteiger partial charge in [0.15, 0.2) is 5.82 Å². The van der Waals surface area contributed by atoms with E-state index < -0.39 is 10.0 Å². The fraction of sp³-hybridized carbons (Fsp3) is 0.235. The molecule has 0 bridgehead atoms. The number of hydrogen-bond acceptors (Lipinski definition) is 6. The van der Waals surface area contributed by atoms with Gasteiger partial charge in [-0.3, -0.25) is 9.82 Å². The van der Waals surface area contributed by atoms with E-state index in [1.54, 1.807) is 32.0 Å². The van der Waals surface area contributed by atoms with Crippen molar-refractivity contribution >= 4 is 21.7 Å². The number of halogens is 1. The molecule has 0 unspecified atom stereocenters. The Hall–Kier alpha value is -3.01. The molecule has 0 saturated heterocycles. The third-order valence-electron chi connectivity index (χ3n) is 3.87. The zero-order chi connectivity index (χ0) is 19.4. The van der Waals surface area contributed by atoms with Gasteiger partial charge in [0, 0.05) is 6.54 Å². The lowest BCUT2D eigenvalue weighted by Gasteiger charge is -2.08. The molecule has 2 aromatic heterocycles. The topological polar surface area (TPSA) is 113 Å². The van der Waals surface area contributed by atoms with Gasteiger partial charge in [-0.05, 0) is 50.1 Å². The van der Waals surface area contributed by atoms with Crippen LogP contribution in [0.25, 0.3) is 0 Å². The summed E-state index contributed by atoms with van der Waals surface area (Å²) in [5.41, 5.74) is 1.83. The number of aromatic amines is 1. The van der Waals surface area contributed by atoms with Gasteiger partial charge >= 0.3 is 0 Å². The normalized spacial score (nSPS) is 11.4. The van der Waals surface area contributed by atoms with Crippen LogP contribution in [-0.4, -0.2) is 35.4 Å². The van der Waals surface area contributed by atoms with Crippen molar-refractivity contribution in [2.45, 2.75) is 25.2 Å². The predicted molar refractivity (Wildman–Crippen MR) is 99.5 cm³/mol. The number of sulfonamides is 1. The van der Waals surface area contributed by atoms with E-state index in [2.05, 4.69) is 30.4 Å². The van der Waals surface area contributed by atoms with Crippen LogP contribution in [0.15, 0.2) is 41.3 Å². The molecule has 27 heavy (non-hydrogen) atoms. The maximum atomic E-state index is 12.9. The van der Waals surface area contributed by atoms with Gasteiger partial charge in [-0.2, -0.15) is 5.10 Å². The van der Waals surface area contributed by atoms with Gasteiger partial charge in [0.05, 0.1) is 11.4 Å². The first-order valence-electron chi connectivity index (χ1n) is 8.21. The van der Waals surface area contributed by atoms with E-state index >= 15 is 0 Å². The van der Waals surface area contributed by atoms with E-state index in [1.165, 1.54) is 18.2 Å². The van der Waals surface area contributed by atoms with Crippen LogP contribution >= 0.6 is 0 Å². The summed E-state index contributed by atoms with van der Waals surface area (Å²) in [6.45, 7) is 3.82. The summed E-state index contributed by atoms with van der Waals surface area (Å²) >= 11 is 0. The van der Waals surface area contributed by atoms with Crippen LogP contribution in [0, 0.1) is 19.7 Å². The molecule has 0 aliphatic rings. The zero-order valence-electron chi connectivity index (χ0n) is 14.8. The Kier molecular flexibility index (Phi) is 5.36. The third-order valence-corrected chi connectivity index (χ3v) is 5.48. The van der Waals surface area contributed by atoms with Crippen molar-refractivity contribution in [3.8, 4) is 0 Å². The number of hydrogen-bond donors (Lipinski definition) is 3. The van der Waals surface area contributed by atoms with Crippen molar-refractivity contribution in [1.29, 1.82) is 0 Å². The van der Waals surface area contributed by atoms with Gasteiger partial charge in [-0.25, -0.2) is 12.8 Å². The maximum Gasteiger partial charge on any atom is 0.266 e. The highest BCUT2D eigenvalue weighted by Gasteiger charge is 2.22. The van der Waals surface area contributed by atoms with Crippen molar-refractivity contribution < 1.29 is 12.8 Å². The van der Waals surface area contributed by atoms with Crippen LogP contribution in [0.1, 0.15) is 17.0 Å². The van der Waals surface area contributed by atoms with Gasteiger partial charge in [-0.1, -0.05) is 12.1 Å². The summed E-state index contributed by atoms with van der Waals surface area (Å²) in [5, 5.41) is 17.5. The molecule has 0 atom stereocenters. The molecule has 8 nitrogen and oxygen atoms in total. The first-order chi connectivity index (χ1) is 12.8. The number of aryl methyl sites for hydroxylation is 2. The number of nitrogens with zero attached hydrogens (tertiary/aromatic N) is 3. The van der Waals surface area contributed by atoms with Crippen LogP contribution in [-0.2, 0) is 16.4 Å². The Balaban J connectivity index is 1.59. The third kappa shape index (κ3) is 4.59. The Morgan fingerprint density at radius 1 is 1.04 bits per heavy atom. The molecule has 0 aliphatic heterocycles. The average Bonchev–Trinajstić information content (AvgIpc) is 2.97. The van der Waals surface area contributed by atoms with Gasteiger partial charge in [0.1, 0.15) is 16.5 Å². The van der Waals surface area contributed by atoms with Crippen molar-refractivity contribution in [2.75, 3.05) is 16.6 Å². The standard InChI is InChI=1S/C17H19FN6O2S/c1-11-17(12(2)21-20-11)27(25,26)24-16-8-7-15(22-23-16)19-10-9-13-3-5-14(18)6-4-13/h3-8H,9-10H2,1-2H3,(H,19,22)(H,20,21)(H,23,24). The number of nitrogens with one attached hydrogen (secondary N) is 3. The molecule has 0 saturated carbocycles. The highest BCUT2D eigenvalue weighted by molar-refractivity contribution is 7.92. The lowest BCUT2D eigenvalue weighted by atomic mass is 10.1. The van der Waals surface area contributed by atoms with E-state index in [-0.39, 0.29) is 16.5 Å². The van der Waals surface area contributed by atoms with Gasteiger partial charge < -0.3 is 5.32 Å². The van der Waals surface area contributed by atoms with Crippen LogP contribution in [0.5, 0.6) is 0 Å². The smallest absolute Gasteiger partial charge is 0.266 e. The molecule has 3 N–H and O–H groups in total. The molecular formula is C17H19FN6O2S. The first-order valence-corrected chi connectivity index (χ1v) is 9.70. The highest BCUT2D eigenvalue weighted by atomic mass is 32.2. The highest BCUT2D eigenvalue weighted by Crippen LogP contribution is 2.19. The molecule has 0 spiro atoms. The zero-order valence-corrected chi connectivity index (χ0v) is 15.6. The summed E-state index contributed by atoms with van der Waals surface area (Å²) in [4.78, 5) is 0.103. The molecule has 3 rings (SSSR count). The summed E-state index contributed by atoms with van der Waals surface area (Å²) in [7, 11) is -3.80. The Morgan fingerprint density at radius 3 is 2.30 bits per heavy atom. The molecule has 10 heteroatoms. The van der Waals surface area contributed by atoms with Crippen LogP contribution < -0.4 is 10.0 Å². The van der Waals surface area contributed by atoms with E-state index in [0.29, 0.717) is 30.2 Å². The van der Waals surface area contributed by atoms with Crippen molar-refractivity contribution in [3.63, 3.8) is 0 Å². The first kappa shape index (κ1) is 18.8. The molecule has 142 valence electrons. The fourth-order valence-electron chi connectivity index (χ4n) is 2.59. The minimum absolute atomic E-state index is 0.103. The average molecular weight is 390 g/mol. The molecule has 2 heterocycles. The number of benzene rings is 1. The van der Waals surface area contributed by atoms with Gasteiger partial charge in [-0.15, -0.1) is 10.2 Å². The second-order valence-corrected chi connectivity index (χ2v) is 7.59. The van der Waals surface area contributed by atoms with Crippen molar-refractivity contribution in [1.82, 2.24) is 20.4 Å². The number of aromatic nitrogens is 4. The van der Waals surface area contributed by atoms with E-state index in [0.717, 1.165) is 5.56 Å². The minimum atomic E-state index is -3.80. The molecule has 3 aromatic rings. The predicted octanol–water partition coefficient (Wildman–Crippen LogP) is 2.41. The number of H-pyrrole nitrogens is 1. The van der Waals surface area contributed by atoms with Crippen LogP contribution in [0.3, 0.4) is 0 Å². The number of rotatable bonds is 7. The summed E-state index contributed by atoms with van der Waals surface area (Å²) in [5.74, 6) is 0.353. The Labute approximate surface area is 156 Å². The minimum Gasteiger partial charge on any atom is -0.368 e. The van der Waals surface area contributed by atoms with E-state index in [9.17, 15) is 12.8 Å². The molecule has 0 aliphatic carbocycles. The lowest BCUT2D eigenvalue weighted by Crippen LogP contribution is -2.16. The lowest BCUT2D eigenvalue weighted by molar-refractivity contribution is 0.600. The maximum absolute atomic E-state index is 12.9. The summed E-state index contributed by atoms with van der Waals surface area (Å²) in [6, 6.07) is 9.43. The second-order valence-electron chi connectivity index (χ2n) is 5.98. The largest absolute Gasteiger partial charge is 0.368 e. The second kappa shape index (κ2) is 7.70. The Bertz CT molecular complexity index is 997. The Morgan fingerprint density at radius 2 is 1.70 bits per heavy atom. The van der Waals surface area contributed by atoms with E-state index in [1.807, 2.05) is 0 Å². The van der Waals surface area contributed by atoms with Crippen LogP contribution in [0.2, 0.25) is 0 Å². The van der Waals surface area contributed by atoms with Crippen molar-refractivity contribution in [2.24, 2.45) is 0 Å². The monoisotopic (exact) mass is 390 g/mol. The van der Waals surface area contributed by atoms with E-state index in [4.69, 9.17) is 0 Å². The molecule has 1 aromatic carbocycles. The number of anilines is 2. The quantitative estimate of drug-likeness (QED) is 0.571. The molecule has 0 fully saturated rings. The van der Waals surface area contributed by atoms with Gasteiger partial charge in [0.2, 0.25) is 0 Å². The fourth-order valence-corrected chi connectivity index (χ4v) is 3.96. The molecular weight excluding hydrogens is 371 g/mol. The summed E-state index contributed by atoms with van der Waals surface area (Å²) < 4.78 is 40.2. The van der Waals surface area contributed by atoms with Gasteiger partial charge in [0.25, 0.3) is 10.0 Å². The van der Waals surface area contributed by atoms with Crippen molar-refractivity contribution in [3.05, 3.63) is 59.2 Å². The molecule has 0 radical (unpaired) electrons. The van der Waals surface area contributed by atoms with Crippen LogP contribution in [0.4, 0.5) is 16.0 Å². The summed E-state index contributed by atoms with van der Waals surface area (Å²) in [6.07, 6.45) is 0.690. The SMILES string of the molecule is Cc1n[nH]c(C)c1S(=O)(=O)Nc1ccc(NCCc2ccc(F)cc2)nn1. The molecule has 0 amide bonds.